The van der Waals surface area contributed by atoms with E-state index in [-0.39, 0.29) is 28.3 Å². The molecule has 1 aliphatic carbocycles. The number of amides is 1. The molecule has 3 atom stereocenters. The molecule has 0 aromatic heterocycles. The fourth-order valence-electron chi connectivity index (χ4n) is 5.41. The molecule has 173 valence electrons. The summed E-state index contributed by atoms with van der Waals surface area (Å²) in [4.78, 5) is 27.3. The molecule has 8 heteroatoms. The van der Waals surface area contributed by atoms with Crippen molar-refractivity contribution in [2.75, 3.05) is 0 Å². The maximum Gasteiger partial charge on any atom is 0.354 e. The van der Waals surface area contributed by atoms with Crippen LogP contribution in [0.25, 0.3) is 0 Å². The number of thioether (sulfide) groups is 2. The Morgan fingerprint density at radius 1 is 1.25 bits per heavy atom. The third kappa shape index (κ3) is 3.77. The maximum atomic E-state index is 13.5. The van der Waals surface area contributed by atoms with Crippen LogP contribution in [-0.2, 0) is 26.9 Å². The monoisotopic (exact) mass is 490 g/mol. The quantitative estimate of drug-likeness (QED) is 0.422. The highest BCUT2D eigenvalue weighted by Gasteiger charge is 2.66. The summed E-state index contributed by atoms with van der Waals surface area (Å²) in [6.07, 6.45) is 2.58. The molecule has 2 aliphatic heterocycles. The van der Waals surface area contributed by atoms with Crippen LogP contribution >= 0.6 is 23.5 Å². The van der Waals surface area contributed by atoms with Crippen molar-refractivity contribution in [3.63, 3.8) is 0 Å². The lowest BCUT2D eigenvalue weighted by atomic mass is 9.64. The van der Waals surface area contributed by atoms with E-state index in [1.54, 1.807) is 23.5 Å². The number of benzene rings is 1. The van der Waals surface area contributed by atoms with Gasteiger partial charge in [-0.05, 0) is 48.9 Å². The fourth-order valence-corrected chi connectivity index (χ4v) is 10.1. The summed E-state index contributed by atoms with van der Waals surface area (Å²) in [6.45, 7) is 12.7. The van der Waals surface area contributed by atoms with Crippen molar-refractivity contribution in [2.24, 2.45) is 11.3 Å². The minimum atomic E-state index is -1.06. The van der Waals surface area contributed by atoms with Gasteiger partial charge in [0.05, 0.1) is 15.8 Å². The Kier molecular flexibility index (Phi) is 6.37. The number of hydrogen-bond acceptors (Lipinski definition) is 5. The average Bonchev–Trinajstić information content (AvgIpc) is 3.24. The molecule has 1 aromatic rings. The van der Waals surface area contributed by atoms with Crippen molar-refractivity contribution in [2.45, 2.75) is 76.3 Å². The molecule has 2 heterocycles. The van der Waals surface area contributed by atoms with Crippen molar-refractivity contribution in [3.8, 4) is 0 Å². The van der Waals surface area contributed by atoms with Gasteiger partial charge < -0.3 is 9.53 Å². The van der Waals surface area contributed by atoms with Crippen LogP contribution in [0.2, 0.25) is 13.1 Å². The van der Waals surface area contributed by atoms with Crippen LogP contribution in [0.1, 0.15) is 45.2 Å². The van der Waals surface area contributed by atoms with Gasteiger partial charge in [-0.3, -0.25) is 9.69 Å². The molecule has 4 rings (SSSR count). The number of carboxylic acids is 1. The van der Waals surface area contributed by atoms with Gasteiger partial charge in [-0.15, -0.1) is 11.8 Å². The van der Waals surface area contributed by atoms with Crippen LogP contribution in [0.5, 0.6) is 0 Å². The Morgan fingerprint density at radius 2 is 1.84 bits per heavy atom. The molecule has 1 saturated heterocycles. The highest BCUT2D eigenvalue weighted by molar-refractivity contribution is 8.23. The van der Waals surface area contributed by atoms with E-state index in [1.165, 1.54) is 16.0 Å². The highest BCUT2D eigenvalue weighted by Crippen LogP contribution is 2.60. The highest BCUT2D eigenvalue weighted by atomic mass is 32.2. The molecule has 0 spiro atoms. The lowest BCUT2D eigenvalue weighted by Gasteiger charge is -2.57. The van der Waals surface area contributed by atoms with Gasteiger partial charge in [0.25, 0.3) is 0 Å². The molecular weight excluding hydrogens is 458 g/mol. The maximum absolute atomic E-state index is 13.5. The lowest BCUT2D eigenvalue weighted by Crippen LogP contribution is -2.70. The zero-order chi connectivity index (χ0) is 23.4. The second-order valence-electron chi connectivity index (χ2n) is 10.1. The molecule has 3 aliphatic rings. The normalized spacial score (nSPS) is 25.1. The Labute approximate surface area is 201 Å². The SMILES string of the molecule is CC[C@](O[Si](C)C)([C@@H]1C(=O)N2C(C(=O)O)=C(SC3Cc4ccccc4C3)S[C@H]12)C(C)(C)C. The number of aliphatic carboxylic acids is 1. The largest absolute Gasteiger partial charge is 0.477 e. The van der Waals surface area contributed by atoms with Crippen molar-refractivity contribution in [1.29, 1.82) is 0 Å². The topological polar surface area (TPSA) is 66.8 Å². The number of β-lactam (4-membered cyclic amide) rings is 1. The van der Waals surface area contributed by atoms with E-state index in [4.69, 9.17) is 4.43 Å². The minimum absolute atomic E-state index is 0.106. The summed E-state index contributed by atoms with van der Waals surface area (Å²) in [7, 11) is -1.06. The van der Waals surface area contributed by atoms with Crippen LogP contribution in [0.3, 0.4) is 0 Å². The van der Waals surface area contributed by atoms with Gasteiger partial charge in [0.1, 0.15) is 5.37 Å². The summed E-state index contributed by atoms with van der Waals surface area (Å²) >= 11 is 3.19. The zero-order valence-electron chi connectivity index (χ0n) is 19.6. The molecule has 1 radical (unpaired) electrons. The number of rotatable bonds is 7. The Bertz CT molecular complexity index is 948. The van der Waals surface area contributed by atoms with Gasteiger partial charge in [-0.25, -0.2) is 4.79 Å². The molecule has 1 fully saturated rings. The van der Waals surface area contributed by atoms with Gasteiger partial charge in [-0.2, -0.15) is 0 Å². The third-order valence-corrected chi connectivity index (χ3v) is 10.4. The van der Waals surface area contributed by atoms with E-state index < -0.39 is 20.6 Å². The van der Waals surface area contributed by atoms with E-state index in [0.29, 0.717) is 5.25 Å². The van der Waals surface area contributed by atoms with E-state index in [1.807, 2.05) is 0 Å². The zero-order valence-corrected chi connectivity index (χ0v) is 22.2. The minimum Gasteiger partial charge on any atom is -0.477 e. The first-order valence-corrected chi connectivity index (χ1v) is 15.4. The molecule has 0 bridgehead atoms. The van der Waals surface area contributed by atoms with Gasteiger partial charge in [0, 0.05) is 5.25 Å². The van der Waals surface area contributed by atoms with Crippen molar-refractivity contribution >= 4 is 44.4 Å². The first-order chi connectivity index (χ1) is 15.0. The molecule has 0 unspecified atom stereocenters. The molecule has 1 N–H and O–H groups in total. The summed E-state index contributed by atoms with van der Waals surface area (Å²) in [6, 6.07) is 8.42. The van der Waals surface area contributed by atoms with E-state index >= 15 is 0 Å². The van der Waals surface area contributed by atoms with Crippen LogP contribution in [0.4, 0.5) is 0 Å². The predicted octanol–water partition coefficient (Wildman–Crippen LogP) is 5.13. The van der Waals surface area contributed by atoms with Crippen molar-refractivity contribution < 1.29 is 19.1 Å². The van der Waals surface area contributed by atoms with Crippen molar-refractivity contribution in [3.05, 3.63) is 45.3 Å². The standard InChI is InChI=1S/C24H32NO4S2Si/c1-7-24(23(2,3)4,29-32(5)6)17-19(26)25-18(21(27)28)22(31-20(17)25)30-16-12-14-10-8-9-11-15(14)13-16/h8-11,16-17,20H,7,12-13H2,1-6H3,(H,27,28)/t17-,20-,24+/m1/s1. The van der Waals surface area contributed by atoms with Gasteiger partial charge in [-0.1, -0.05) is 63.7 Å². The van der Waals surface area contributed by atoms with E-state index in [0.717, 1.165) is 23.5 Å². The van der Waals surface area contributed by atoms with Gasteiger partial charge in [0.15, 0.2) is 5.70 Å². The molecular formula is C24H32NO4S2Si. The van der Waals surface area contributed by atoms with E-state index in [2.05, 4.69) is 65.1 Å². The molecule has 5 nitrogen and oxygen atoms in total. The molecule has 32 heavy (non-hydrogen) atoms. The molecule has 0 saturated carbocycles. The number of carboxylic acid groups (broad SMARTS) is 1. The second kappa shape index (κ2) is 8.53. The summed E-state index contributed by atoms with van der Waals surface area (Å²) < 4.78 is 7.38. The van der Waals surface area contributed by atoms with Crippen LogP contribution in [-0.4, -0.2) is 47.1 Å². The van der Waals surface area contributed by atoms with Gasteiger partial charge >= 0.3 is 5.97 Å². The molecule has 1 amide bonds. The van der Waals surface area contributed by atoms with Crippen molar-refractivity contribution in [1.82, 2.24) is 4.90 Å². The second-order valence-corrected chi connectivity index (χ2v) is 14.8. The summed E-state index contributed by atoms with van der Waals surface area (Å²) in [5.74, 6) is -1.46. The predicted molar refractivity (Wildman–Crippen MR) is 133 cm³/mol. The number of carbonyl (C=O) groups excluding carboxylic acids is 1. The summed E-state index contributed by atoms with van der Waals surface area (Å²) in [5, 5.41) is 10.1. The average molecular weight is 491 g/mol. The van der Waals surface area contributed by atoms with Crippen LogP contribution < -0.4 is 0 Å². The number of fused-ring (bicyclic) bond motifs is 2. The third-order valence-electron chi connectivity index (χ3n) is 6.88. The Hall–Kier alpha value is -1.22. The number of hydrogen-bond donors (Lipinski definition) is 1. The lowest BCUT2D eigenvalue weighted by molar-refractivity contribution is -0.177. The fraction of sp³-hybridized carbons (Fsp3) is 0.583. The Morgan fingerprint density at radius 3 is 2.31 bits per heavy atom. The Balaban J connectivity index is 1.61. The first-order valence-electron chi connectivity index (χ1n) is 11.2. The van der Waals surface area contributed by atoms with Crippen LogP contribution in [0.15, 0.2) is 34.2 Å². The van der Waals surface area contributed by atoms with E-state index in [9.17, 15) is 14.7 Å². The number of carbonyl (C=O) groups is 2. The van der Waals surface area contributed by atoms with Gasteiger partial charge in [0.2, 0.25) is 14.9 Å². The first kappa shape index (κ1) is 23.9. The van der Waals surface area contributed by atoms with Crippen LogP contribution in [0, 0.1) is 11.3 Å². The molecule has 1 aromatic carbocycles. The number of nitrogens with zero attached hydrogens (tertiary/aromatic N) is 1. The summed E-state index contributed by atoms with van der Waals surface area (Å²) in [5.41, 5.74) is 2.00. The smallest absolute Gasteiger partial charge is 0.354 e.